The smallest absolute Gasteiger partial charge is 0.237 e. The first-order valence-electron chi connectivity index (χ1n) is 5.76. The van der Waals surface area contributed by atoms with Crippen molar-refractivity contribution in [2.45, 2.75) is 45.2 Å². The van der Waals surface area contributed by atoms with Crippen LogP contribution in [-0.4, -0.2) is 42.0 Å². The van der Waals surface area contributed by atoms with Crippen LogP contribution < -0.4 is 11.1 Å². The van der Waals surface area contributed by atoms with E-state index in [-0.39, 0.29) is 17.5 Å². The largest absolute Gasteiger partial charge is 0.349 e. The number of hydrogen-bond acceptors (Lipinski definition) is 3. The summed E-state index contributed by atoms with van der Waals surface area (Å²) >= 11 is 0. The van der Waals surface area contributed by atoms with Gasteiger partial charge in [0.05, 0.1) is 6.04 Å². The van der Waals surface area contributed by atoms with Gasteiger partial charge in [0.25, 0.3) is 0 Å². The first-order valence-corrected chi connectivity index (χ1v) is 5.76. The zero-order chi connectivity index (χ0) is 11.5. The Morgan fingerprint density at radius 3 is 2.80 bits per heavy atom. The molecule has 1 aliphatic heterocycles. The Balaban J connectivity index is 2.71. The summed E-state index contributed by atoms with van der Waals surface area (Å²) in [5.74, 6) is 0.130. The van der Waals surface area contributed by atoms with Crippen molar-refractivity contribution in [3.8, 4) is 0 Å². The number of carbonyl (C=O) groups is 1. The number of amides is 1. The maximum atomic E-state index is 11.9. The molecule has 0 aromatic heterocycles. The molecule has 1 amide bonds. The summed E-state index contributed by atoms with van der Waals surface area (Å²) in [6.45, 7) is 8.72. The van der Waals surface area contributed by atoms with E-state index in [1.807, 2.05) is 0 Å². The predicted molar refractivity (Wildman–Crippen MR) is 61.5 cm³/mol. The van der Waals surface area contributed by atoms with E-state index in [1.165, 1.54) is 0 Å². The van der Waals surface area contributed by atoms with Gasteiger partial charge in [0, 0.05) is 12.1 Å². The highest BCUT2D eigenvalue weighted by molar-refractivity contribution is 5.83. The number of rotatable bonds is 4. The van der Waals surface area contributed by atoms with Crippen LogP contribution in [0.4, 0.5) is 0 Å². The van der Waals surface area contributed by atoms with Crippen LogP contribution in [0.5, 0.6) is 0 Å². The molecule has 1 aliphatic rings. The number of nitrogens with one attached hydrogen (secondary N) is 1. The van der Waals surface area contributed by atoms with Gasteiger partial charge >= 0.3 is 0 Å². The molecule has 0 aliphatic carbocycles. The number of nitrogens with two attached hydrogens (primary N) is 1. The molecule has 1 heterocycles. The third kappa shape index (κ3) is 3.18. The molecule has 15 heavy (non-hydrogen) atoms. The molecule has 1 saturated heterocycles. The van der Waals surface area contributed by atoms with Crippen LogP contribution in [0.2, 0.25) is 0 Å². The fourth-order valence-electron chi connectivity index (χ4n) is 2.23. The number of nitrogens with zero attached hydrogens (tertiary/aromatic N) is 1. The molecule has 4 heteroatoms. The maximum Gasteiger partial charge on any atom is 0.237 e. The first kappa shape index (κ1) is 12.5. The van der Waals surface area contributed by atoms with Gasteiger partial charge in [-0.1, -0.05) is 6.92 Å². The molecule has 0 aromatic rings. The summed E-state index contributed by atoms with van der Waals surface area (Å²) in [4.78, 5) is 14.1. The fourth-order valence-corrected chi connectivity index (χ4v) is 2.23. The molecule has 0 aromatic carbocycles. The Morgan fingerprint density at radius 2 is 2.27 bits per heavy atom. The highest BCUT2D eigenvalue weighted by Crippen LogP contribution is 2.18. The molecule has 1 atom stereocenters. The van der Waals surface area contributed by atoms with Crippen LogP contribution in [0.1, 0.15) is 33.6 Å². The summed E-state index contributed by atoms with van der Waals surface area (Å²) in [6, 6.07) is -0.0250. The molecule has 0 spiro atoms. The van der Waals surface area contributed by atoms with Crippen LogP contribution in [0.3, 0.4) is 0 Å². The van der Waals surface area contributed by atoms with Crippen molar-refractivity contribution in [1.29, 1.82) is 0 Å². The van der Waals surface area contributed by atoms with Crippen LogP contribution in [0.15, 0.2) is 0 Å². The summed E-state index contributed by atoms with van der Waals surface area (Å²) in [7, 11) is 0. The Hall–Kier alpha value is -0.610. The lowest BCUT2D eigenvalue weighted by Gasteiger charge is -2.43. The summed E-state index contributed by atoms with van der Waals surface area (Å²) < 4.78 is 0. The van der Waals surface area contributed by atoms with E-state index in [0.717, 1.165) is 25.9 Å². The minimum absolute atomic E-state index is 0.0250. The van der Waals surface area contributed by atoms with Crippen molar-refractivity contribution in [1.82, 2.24) is 10.2 Å². The minimum atomic E-state index is -0.114. The van der Waals surface area contributed by atoms with Crippen molar-refractivity contribution >= 4 is 5.91 Å². The second-order valence-electron chi connectivity index (χ2n) is 4.94. The van der Waals surface area contributed by atoms with E-state index >= 15 is 0 Å². The number of carbonyl (C=O) groups excluding carboxylic acids is 1. The zero-order valence-electron chi connectivity index (χ0n) is 10.0. The molecule has 1 rings (SSSR count). The van der Waals surface area contributed by atoms with E-state index in [9.17, 15) is 4.79 Å². The average molecular weight is 213 g/mol. The van der Waals surface area contributed by atoms with Gasteiger partial charge in [-0.25, -0.2) is 0 Å². The first-order chi connectivity index (χ1) is 7.00. The molecular formula is C11H23N3O. The molecule has 88 valence electrons. The third-order valence-corrected chi connectivity index (χ3v) is 2.75. The molecular weight excluding hydrogens is 190 g/mol. The van der Waals surface area contributed by atoms with Crippen molar-refractivity contribution in [3.05, 3.63) is 0 Å². The quantitative estimate of drug-likeness (QED) is 0.707. The van der Waals surface area contributed by atoms with E-state index in [0.29, 0.717) is 6.54 Å². The van der Waals surface area contributed by atoms with E-state index in [4.69, 9.17) is 5.73 Å². The fraction of sp³-hybridized carbons (Fsp3) is 0.909. The standard InChI is InChI=1S/C11H23N3O/c1-4-7-14-8-11(2,3)13-10(15)9(14)5-6-12/h9H,4-8,12H2,1-3H3,(H,13,15). The number of piperazine rings is 1. The number of hydrogen-bond donors (Lipinski definition) is 2. The van der Waals surface area contributed by atoms with Crippen LogP contribution >= 0.6 is 0 Å². The Kier molecular flexibility index (Phi) is 4.11. The van der Waals surface area contributed by atoms with E-state index in [1.54, 1.807) is 0 Å². The Morgan fingerprint density at radius 1 is 1.60 bits per heavy atom. The van der Waals surface area contributed by atoms with Gasteiger partial charge in [-0.05, 0) is 39.8 Å². The molecule has 0 radical (unpaired) electrons. The lowest BCUT2D eigenvalue weighted by Crippen LogP contribution is -2.65. The summed E-state index contributed by atoms with van der Waals surface area (Å²) in [5.41, 5.74) is 5.43. The summed E-state index contributed by atoms with van der Waals surface area (Å²) in [6.07, 6.45) is 1.83. The lowest BCUT2D eigenvalue weighted by molar-refractivity contribution is -0.133. The molecule has 1 unspecified atom stereocenters. The van der Waals surface area contributed by atoms with Crippen LogP contribution in [-0.2, 0) is 4.79 Å². The maximum absolute atomic E-state index is 11.9. The van der Waals surface area contributed by atoms with Crippen molar-refractivity contribution in [2.24, 2.45) is 5.73 Å². The van der Waals surface area contributed by atoms with Gasteiger partial charge in [0.15, 0.2) is 0 Å². The molecule has 4 nitrogen and oxygen atoms in total. The van der Waals surface area contributed by atoms with Gasteiger partial charge in [-0.15, -0.1) is 0 Å². The van der Waals surface area contributed by atoms with Gasteiger partial charge < -0.3 is 11.1 Å². The minimum Gasteiger partial charge on any atom is -0.349 e. The lowest BCUT2D eigenvalue weighted by atomic mass is 9.96. The normalized spacial score (nSPS) is 26.4. The van der Waals surface area contributed by atoms with E-state index < -0.39 is 0 Å². The van der Waals surface area contributed by atoms with Crippen LogP contribution in [0.25, 0.3) is 0 Å². The SMILES string of the molecule is CCCN1CC(C)(C)NC(=O)C1CCN. The van der Waals surface area contributed by atoms with Gasteiger partial charge in [0.1, 0.15) is 0 Å². The van der Waals surface area contributed by atoms with Crippen molar-refractivity contribution in [3.63, 3.8) is 0 Å². The summed E-state index contributed by atoms with van der Waals surface area (Å²) in [5, 5.41) is 3.04. The third-order valence-electron chi connectivity index (χ3n) is 2.75. The second kappa shape index (κ2) is 4.94. The Labute approximate surface area is 92.2 Å². The highest BCUT2D eigenvalue weighted by Gasteiger charge is 2.37. The monoisotopic (exact) mass is 213 g/mol. The predicted octanol–water partition coefficient (Wildman–Crippen LogP) is 0.324. The molecule has 0 saturated carbocycles. The molecule has 0 bridgehead atoms. The molecule has 1 fully saturated rings. The van der Waals surface area contributed by atoms with Crippen LogP contribution in [0, 0.1) is 0 Å². The van der Waals surface area contributed by atoms with Crippen molar-refractivity contribution < 1.29 is 4.79 Å². The zero-order valence-corrected chi connectivity index (χ0v) is 10.0. The van der Waals surface area contributed by atoms with Crippen molar-refractivity contribution in [2.75, 3.05) is 19.6 Å². The molecule has 3 N–H and O–H groups in total. The van der Waals surface area contributed by atoms with Gasteiger partial charge in [-0.2, -0.15) is 0 Å². The topological polar surface area (TPSA) is 58.4 Å². The highest BCUT2D eigenvalue weighted by atomic mass is 16.2. The van der Waals surface area contributed by atoms with Gasteiger partial charge in [-0.3, -0.25) is 9.69 Å². The average Bonchev–Trinajstić information content (AvgIpc) is 2.10. The van der Waals surface area contributed by atoms with Gasteiger partial charge in [0.2, 0.25) is 5.91 Å². The van der Waals surface area contributed by atoms with E-state index in [2.05, 4.69) is 31.0 Å². The Bertz CT molecular complexity index is 228. The second-order valence-corrected chi connectivity index (χ2v) is 4.94.